The Morgan fingerprint density at radius 3 is 3.15 bits per heavy atom. The highest BCUT2D eigenvalue weighted by Gasteiger charge is 1.94. The van der Waals surface area contributed by atoms with E-state index in [1.54, 1.807) is 11.8 Å². The molecule has 5 heteroatoms. The van der Waals surface area contributed by atoms with Gasteiger partial charge in [-0.2, -0.15) is 5.10 Å². The van der Waals surface area contributed by atoms with E-state index in [2.05, 4.69) is 27.4 Å². The first-order valence-corrected chi connectivity index (χ1v) is 5.61. The number of hydrogen-bond donors (Lipinski definition) is 2. The van der Waals surface area contributed by atoms with Crippen molar-refractivity contribution < 1.29 is 0 Å². The summed E-state index contributed by atoms with van der Waals surface area (Å²) in [5.41, 5.74) is 0. The van der Waals surface area contributed by atoms with Crippen LogP contribution in [0.3, 0.4) is 0 Å². The second kappa shape index (κ2) is 6.91. The van der Waals surface area contributed by atoms with Gasteiger partial charge in [0.25, 0.3) is 0 Å². The van der Waals surface area contributed by atoms with Crippen LogP contribution in [-0.4, -0.2) is 34.0 Å². The third-order valence-corrected chi connectivity index (χ3v) is 2.50. The molecule has 0 spiro atoms. The maximum atomic E-state index is 4.02. The largest absolute Gasteiger partial charge is 0.316 e. The lowest BCUT2D eigenvalue weighted by molar-refractivity contribution is 0.666. The number of rotatable bonds is 7. The summed E-state index contributed by atoms with van der Waals surface area (Å²) in [4.78, 5) is 4.02. The van der Waals surface area contributed by atoms with Gasteiger partial charge in [0.15, 0.2) is 5.16 Å². The molecule has 0 saturated heterocycles. The SMILES string of the molecule is CCCCNCCSc1ncn[nH]1. The number of nitrogens with zero attached hydrogens (tertiary/aromatic N) is 2. The fourth-order valence-corrected chi connectivity index (χ4v) is 1.59. The number of unbranched alkanes of at least 4 members (excludes halogenated alkanes) is 1. The Hall–Kier alpha value is -0.550. The van der Waals surface area contributed by atoms with Crippen LogP contribution in [0.2, 0.25) is 0 Å². The summed E-state index contributed by atoms with van der Waals surface area (Å²) in [6.45, 7) is 4.35. The number of H-pyrrole nitrogens is 1. The number of aromatic amines is 1. The average molecular weight is 200 g/mol. The molecule has 13 heavy (non-hydrogen) atoms. The molecule has 0 aliphatic carbocycles. The van der Waals surface area contributed by atoms with Crippen LogP contribution in [0.1, 0.15) is 19.8 Å². The summed E-state index contributed by atoms with van der Waals surface area (Å²) >= 11 is 1.69. The molecule has 0 amide bonds. The molecule has 0 aliphatic rings. The Bertz CT molecular complexity index is 200. The fourth-order valence-electron chi connectivity index (χ4n) is 0.910. The lowest BCUT2D eigenvalue weighted by Gasteiger charge is -2.01. The minimum absolute atomic E-state index is 0.900. The number of aromatic nitrogens is 3. The van der Waals surface area contributed by atoms with Gasteiger partial charge in [0.2, 0.25) is 0 Å². The van der Waals surface area contributed by atoms with Gasteiger partial charge in [-0.05, 0) is 13.0 Å². The Morgan fingerprint density at radius 2 is 2.46 bits per heavy atom. The smallest absolute Gasteiger partial charge is 0.183 e. The second-order valence-electron chi connectivity index (χ2n) is 2.74. The normalized spacial score (nSPS) is 10.5. The van der Waals surface area contributed by atoms with Crippen molar-refractivity contribution in [3.63, 3.8) is 0 Å². The fraction of sp³-hybridized carbons (Fsp3) is 0.750. The number of nitrogens with one attached hydrogen (secondary N) is 2. The highest BCUT2D eigenvalue weighted by Crippen LogP contribution is 2.08. The molecule has 0 aromatic carbocycles. The molecule has 1 aromatic heterocycles. The van der Waals surface area contributed by atoms with Gasteiger partial charge >= 0.3 is 0 Å². The van der Waals surface area contributed by atoms with Crippen molar-refractivity contribution in [2.75, 3.05) is 18.8 Å². The molecule has 0 bridgehead atoms. The molecule has 1 aromatic rings. The zero-order valence-corrected chi connectivity index (χ0v) is 8.73. The molecule has 2 N–H and O–H groups in total. The van der Waals surface area contributed by atoms with Crippen LogP contribution in [0.15, 0.2) is 11.5 Å². The quantitative estimate of drug-likeness (QED) is 0.514. The molecule has 0 atom stereocenters. The summed E-state index contributed by atoms with van der Waals surface area (Å²) in [6, 6.07) is 0. The van der Waals surface area contributed by atoms with E-state index in [1.165, 1.54) is 19.2 Å². The van der Waals surface area contributed by atoms with Gasteiger partial charge in [-0.25, -0.2) is 4.98 Å². The van der Waals surface area contributed by atoms with Crippen molar-refractivity contribution in [2.45, 2.75) is 24.9 Å². The van der Waals surface area contributed by atoms with E-state index >= 15 is 0 Å². The Morgan fingerprint density at radius 1 is 1.54 bits per heavy atom. The van der Waals surface area contributed by atoms with E-state index in [4.69, 9.17) is 0 Å². The van der Waals surface area contributed by atoms with E-state index in [-0.39, 0.29) is 0 Å². The van der Waals surface area contributed by atoms with Crippen molar-refractivity contribution in [2.24, 2.45) is 0 Å². The zero-order valence-electron chi connectivity index (χ0n) is 7.92. The molecule has 0 fully saturated rings. The van der Waals surface area contributed by atoms with Crippen LogP contribution in [0, 0.1) is 0 Å². The molecule has 0 unspecified atom stereocenters. The Balaban J connectivity index is 1.90. The van der Waals surface area contributed by atoms with E-state index < -0.39 is 0 Å². The van der Waals surface area contributed by atoms with Crippen LogP contribution in [-0.2, 0) is 0 Å². The average Bonchev–Trinajstić information content (AvgIpc) is 2.63. The van der Waals surface area contributed by atoms with Crippen LogP contribution in [0.4, 0.5) is 0 Å². The molecule has 74 valence electrons. The van der Waals surface area contributed by atoms with Crippen LogP contribution >= 0.6 is 11.8 Å². The maximum absolute atomic E-state index is 4.02. The molecular weight excluding hydrogens is 184 g/mol. The molecule has 0 aliphatic heterocycles. The van der Waals surface area contributed by atoms with Crippen molar-refractivity contribution in [3.8, 4) is 0 Å². The first kappa shape index (κ1) is 10.5. The summed E-state index contributed by atoms with van der Waals surface area (Å²) in [7, 11) is 0. The summed E-state index contributed by atoms with van der Waals surface area (Å²) in [6.07, 6.45) is 4.04. The molecule has 4 nitrogen and oxygen atoms in total. The minimum atomic E-state index is 0.900. The van der Waals surface area contributed by atoms with Gasteiger partial charge < -0.3 is 5.32 Å². The first-order valence-electron chi connectivity index (χ1n) is 4.62. The summed E-state index contributed by atoms with van der Waals surface area (Å²) < 4.78 is 0. The zero-order chi connectivity index (χ0) is 9.36. The van der Waals surface area contributed by atoms with Crippen molar-refractivity contribution >= 4 is 11.8 Å². The predicted molar refractivity (Wildman–Crippen MR) is 54.9 cm³/mol. The lowest BCUT2D eigenvalue weighted by Crippen LogP contribution is -2.18. The Labute approximate surface area is 82.9 Å². The van der Waals surface area contributed by atoms with Crippen molar-refractivity contribution in [1.29, 1.82) is 0 Å². The minimum Gasteiger partial charge on any atom is -0.316 e. The molecule has 1 rings (SSSR count). The summed E-state index contributed by atoms with van der Waals surface area (Å²) in [5, 5.41) is 10.9. The third-order valence-electron chi connectivity index (χ3n) is 1.62. The lowest BCUT2D eigenvalue weighted by atomic mass is 10.3. The van der Waals surface area contributed by atoms with E-state index in [1.807, 2.05) is 0 Å². The second-order valence-corrected chi connectivity index (χ2v) is 3.83. The van der Waals surface area contributed by atoms with Crippen molar-refractivity contribution in [3.05, 3.63) is 6.33 Å². The van der Waals surface area contributed by atoms with Gasteiger partial charge in [-0.3, -0.25) is 5.10 Å². The van der Waals surface area contributed by atoms with E-state index in [0.717, 1.165) is 24.0 Å². The van der Waals surface area contributed by atoms with Gasteiger partial charge in [0.1, 0.15) is 6.33 Å². The topological polar surface area (TPSA) is 53.6 Å². The maximum Gasteiger partial charge on any atom is 0.183 e. The third kappa shape index (κ3) is 4.90. The molecular formula is C8H16N4S. The molecule has 0 saturated carbocycles. The first-order chi connectivity index (χ1) is 6.43. The monoisotopic (exact) mass is 200 g/mol. The van der Waals surface area contributed by atoms with Crippen LogP contribution < -0.4 is 5.32 Å². The number of hydrogen-bond acceptors (Lipinski definition) is 4. The molecule has 0 radical (unpaired) electrons. The van der Waals surface area contributed by atoms with Gasteiger partial charge in [0, 0.05) is 12.3 Å². The molecule has 1 heterocycles. The van der Waals surface area contributed by atoms with E-state index in [0.29, 0.717) is 0 Å². The van der Waals surface area contributed by atoms with Crippen LogP contribution in [0.25, 0.3) is 0 Å². The highest BCUT2D eigenvalue weighted by atomic mass is 32.2. The predicted octanol–water partition coefficient (Wildman–Crippen LogP) is 1.29. The summed E-state index contributed by atoms with van der Waals surface area (Å²) in [5.74, 6) is 1.04. The van der Waals surface area contributed by atoms with Crippen LogP contribution in [0.5, 0.6) is 0 Å². The Kier molecular flexibility index (Phi) is 5.60. The van der Waals surface area contributed by atoms with Gasteiger partial charge in [-0.1, -0.05) is 25.1 Å². The van der Waals surface area contributed by atoms with E-state index in [9.17, 15) is 0 Å². The van der Waals surface area contributed by atoms with Gasteiger partial charge in [-0.15, -0.1) is 0 Å². The van der Waals surface area contributed by atoms with Gasteiger partial charge in [0.05, 0.1) is 0 Å². The standard InChI is InChI=1S/C8H16N4S/c1-2-3-4-9-5-6-13-8-10-7-11-12-8/h7,9H,2-6H2,1H3,(H,10,11,12). The number of thioether (sulfide) groups is 1. The highest BCUT2D eigenvalue weighted by molar-refractivity contribution is 7.99. The van der Waals surface area contributed by atoms with Crippen molar-refractivity contribution in [1.82, 2.24) is 20.5 Å².